The molecule has 0 radical (unpaired) electrons. The highest BCUT2D eigenvalue weighted by Crippen LogP contribution is 2.50. The first-order chi connectivity index (χ1) is 14.0. The highest BCUT2D eigenvalue weighted by Gasteiger charge is 2.44. The third kappa shape index (κ3) is 2.97. The molecular formula is C22H25NO6. The van der Waals surface area contributed by atoms with E-state index in [4.69, 9.17) is 23.7 Å². The fraction of sp³-hybridized carbons (Fsp3) is 0.409. The van der Waals surface area contributed by atoms with E-state index >= 15 is 0 Å². The molecule has 2 aromatic rings. The van der Waals surface area contributed by atoms with E-state index in [9.17, 15) is 4.79 Å². The molecule has 0 fully saturated rings. The van der Waals surface area contributed by atoms with E-state index in [1.807, 2.05) is 31.3 Å². The van der Waals surface area contributed by atoms with Crippen LogP contribution in [0, 0.1) is 0 Å². The standard InChI is InChI=1S/C22H25NO6/c1-23-9-8-12-10-16(26-3)17(27-4)11-14(12)19(23)20-13-6-7-15(25-2)21(28-5)18(13)22(24)29-20/h6-7,10-11,19-20H,8-9H2,1-5H3. The van der Waals surface area contributed by atoms with Crippen molar-refractivity contribution < 1.29 is 28.5 Å². The molecule has 2 aliphatic heterocycles. The minimum atomic E-state index is -0.459. The summed E-state index contributed by atoms with van der Waals surface area (Å²) in [6.07, 6.45) is 0.418. The maximum absolute atomic E-state index is 12.8. The molecule has 0 N–H and O–H groups in total. The molecule has 2 heterocycles. The van der Waals surface area contributed by atoms with Gasteiger partial charge >= 0.3 is 5.97 Å². The number of ether oxygens (including phenoxy) is 5. The van der Waals surface area contributed by atoms with Gasteiger partial charge in [0.2, 0.25) is 0 Å². The highest BCUT2D eigenvalue weighted by molar-refractivity contribution is 5.98. The van der Waals surface area contributed by atoms with Gasteiger partial charge in [0.05, 0.1) is 34.5 Å². The molecule has 0 aliphatic carbocycles. The van der Waals surface area contributed by atoms with E-state index in [0.717, 1.165) is 29.7 Å². The van der Waals surface area contributed by atoms with Crippen molar-refractivity contribution in [1.29, 1.82) is 0 Å². The zero-order valence-electron chi connectivity index (χ0n) is 17.3. The Hall–Kier alpha value is -2.93. The Morgan fingerprint density at radius 2 is 1.62 bits per heavy atom. The molecule has 4 rings (SSSR count). The molecule has 2 unspecified atom stereocenters. The molecule has 2 aliphatic rings. The topological polar surface area (TPSA) is 66.5 Å². The molecule has 7 heteroatoms. The lowest BCUT2D eigenvalue weighted by molar-refractivity contribution is 0.00931. The number of rotatable bonds is 5. The third-order valence-corrected chi connectivity index (χ3v) is 5.78. The zero-order valence-corrected chi connectivity index (χ0v) is 17.3. The number of hydrogen-bond donors (Lipinski definition) is 0. The predicted molar refractivity (Wildman–Crippen MR) is 106 cm³/mol. The van der Waals surface area contributed by atoms with E-state index in [1.54, 1.807) is 21.3 Å². The van der Waals surface area contributed by atoms with Crippen molar-refractivity contribution in [2.24, 2.45) is 0 Å². The Labute approximate surface area is 170 Å². The Morgan fingerprint density at radius 3 is 2.28 bits per heavy atom. The average Bonchev–Trinajstić information content (AvgIpc) is 3.08. The first-order valence-electron chi connectivity index (χ1n) is 9.44. The second kappa shape index (κ2) is 7.48. The summed E-state index contributed by atoms with van der Waals surface area (Å²) in [6, 6.07) is 7.55. The molecule has 0 spiro atoms. The van der Waals surface area contributed by atoms with Crippen LogP contribution in [-0.4, -0.2) is 52.9 Å². The van der Waals surface area contributed by atoms with E-state index in [-0.39, 0.29) is 6.04 Å². The molecule has 0 saturated carbocycles. The quantitative estimate of drug-likeness (QED) is 0.716. The number of benzene rings is 2. The summed E-state index contributed by atoms with van der Waals surface area (Å²) < 4.78 is 27.7. The number of esters is 1. The number of likely N-dealkylation sites (N-methyl/N-ethyl adjacent to an activating group) is 1. The summed E-state index contributed by atoms with van der Waals surface area (Å²) in [6.45, 7) is 0.837. The molecule has 154 valence electrons. The molecule has 7 nitrogen and oxygen atoms in total. The Balaban J connectivity index is 1.85. The van der Waals surface area contributed by atoms with Crippen molar-refractivity contribution in [2.45, 2.75) is 18.6 Å². The first-order valence-corrected chi connectivity index (χ1v) is 9.44. The summed E-state index contributed by atoms with van der Waals surface area (Å²) >= 11 is 0. The summed E-state index contributed by atoms with van der Waals surface area (Å²) in [4.78, 5) is 15.0. The van der Waals surface area contributed by atoms with Crippen LogP contribution in [0.25, 0.3) is 0 Å². The van der Waals surface area contributed by atoms with Gasteiger partial charge in [-0.05, 0) is 42.8 Å². The second-order valence-corrected chi connectivity index (χ2v) is 7.17. The molecule has 0 saturated heterocycles. The van der Waals surface area contributed by atoms with Gasteiger partial charge in [0.25, 0.3) is 0 Å². The molecular weight excluding hydrogens is 374 g/mol. The van der Waals surface area contributed by atoms with Crippen molar-refractivity contribution in [3.63, 3.8) is 0 Å². The number of carbonyl (C=O) groups is 1. The lowest BCUT2D eigenvalue weighted by atomic mass is 9.86. The number of methoxy groups -OCH3 is 4. The van der Waals surface area contributed by atoms with Crippen molar-refractivity contribution in [3.05, 3.63) is 46.5 Å². The minimum absolute atomic E-state index is 0.151. The van der Waals surface area contributed by atoms with Gasteiger partial charge in [0, 0.05) is 12.1 Å². The van der Waals surface area contributed by atoms with E-state index in [2.05, 4.69) is 4.90 Å². The smallest absolute Gasteiger partial charge is 0.343 e. The van der Waals surface area contributed by atoms with E-state index in [1.165, 1.54) is 7.11 Å². The summed E-state index contributed by atoms with van der Waals surface area (Å²) in [5.74, 6) is 1.87. The molecule has 0 aromatic heterocycles. The van der Waals surface area contributed by atoms with Gasteiger partial charge in [-0.2, -0.15) is 0 Å². The van der Waals surface area contributed by atoms with Gasteiger partial charge in [-0.15, -0.1) is 0 Å². The second-order valence-electron chi connectivity index (χ2n) is 7.17. The average molecular weight is 399 g/mol. The zero-order chi connectivity index (χ0) is 20.7. The molecule has 0 amide bonds. The van der Waals surface area contributed by atoms with Crippen LogP contribution in [0.15, 0.2) is 24.3 Å². The largest absolute Gasteiger partial charge is 0.493 e. The fourth-order valence-electron chi connectivity index (χ4n) is 4.36. The van der Waals surface area contributed by atoms with Crippen LogP contribution in [0.1, 0.15) is 39.2 Å². The van der Waals surface area contributed by atoms with Crippen molar-refractivity contribution in [2.75, 3.05) is 42.0 Å². The van der Waals surface area contributed by atoms with Crippen molar-refractivity contribution in [3.8, 4) is 23.0 Å². The normalized spacial score (nSPS) is 20.5. The van der Waals surface area contributed by atoms with Gasteiger partial charge in [-0.1, -0.05) is 6.07 Å². The molecule has 0 bridgehead atoms. The SMILES string of the molecule is COc1cc2c(cc1OC)C(C1OC(=O)c3c1ccc(OC)c3OC)N(C)CC2. The number of nitrogens with zero attached hydrogens (tertiary/aromatic N) is 1. The number of cyclic esters (lactones) is 1. The maximum Gasteiger partial charge on any atom is 0.343 e. The van der Waals surface area contributed by atoms with Crippen LogP contribution in [0.2, 0.25) is 0 Å². The molecule has 2 atom stereocenters. The van der Waals surface area contributed by atoms with Crippen molar-refractivity contribution in [1.82, 2.24) is 4.90 Å². The van der Waals surface area contributed by atoms with Crippen LogP contribution >= 0.6 is 0 Å². The Bertz CT molecular complexity index is 957. The lowest BCUT2D eigenvalue weighted by Gasteiger charge is -2.38. The molecule has 2 aromatic carbocycles. The van der Waals surface area contributed by atoms with Gasteiger partial charge in [-0.25, -0.2) is 4.79 Å². The predicted octanol–water partition coefficient (Wildman–Crippen LogP) is 3.16. The monoisotopic (exact) mass is 399 g/mol. The number of hydrogen-bond acceptors (Lipinski definition) is 7. The summed E-state index contributed by atoms with van der Waals surface area (Å²) in [5, 5.41) is 0. The number of carbonyl (C=O) groups excluding carboxylic acids is 1. The van der Waals surface area contributed by atoms with Gasteiger partial charge in [0.15, 0.2) is 23.0 Å². The van der Waals surface area contributed by atoms with Gasteiger partial charge in [-0.3, -0.25) is 4.90 Å². The highest BCUT2D eigenvalue weighted by atomic mass is 16.6. The fourth-order valence-corrected chi connectivity index (χ4v) is 4.36. The maximum atomic E-state index is 12.8. The summed E-state index contributed by atoms with van der Waals surface area (Å²) in [5.41, 5.74) is 3.46. The Morgan fingerprint density at radius 1 is 0.931 bits per heavy atom. The molecule has 29 heavy (non-hydrogen) atoms. The Kier molecular flexibility index (Phi) is 5.00. The van der Waals surface area contributed by atoms with Gasteiger partial charge in [0.1, 0.15) is 11.7 Å². The van der Waals surface area contributed by atoms with Crippen LogP contribution < -0.4 is 18.9 Å². The van der Waals surface area contributed by atoms with Crippen molar-refractivity contribution >= 4 is 5.97 Å². The minimum Gasteiger partial charge on any atom is -0.493 e. The van der Waals surface area contributed by atoms with E-state index < -0.39 is 12.1 Å². The van der Waals surface area contributed by atoms with Crippen LogP contribution in [0.4, 0.5) is 0 Å². The summed E-state index contributed by atoms with van der Waals surface area (Å²) in [7, 11) is 8.36. The van der Waals surface area contributed by atoms with Crippen LogP contribution in [0.5, 0.6) is 23.0 Å². The number of fused-ring (bicyclic) bond motifs is 2. The van der Waals surface area contributed by atoms with Crippen LogP contribution in [-0.2, 0) is 11.2 Å². The lowest BCUT2D eigenvalue weighted by Crippen LogP contribution is -2.36. The van der Waals surface area contributed by atoms with E-state index in [0.29, 0.717) is 28.6 Å². The van der Waals surface area contributed by atoms with Gasteiger partial charge < -0.3 is 23.7 Å². The third-order valence-electron chi connectivity index (χ3n) is 5.78. The van der Waals surface area contributed by atoms with Crippen LogP contribution in [0.3, 0.4) is 0 Å². The first kappa shape index (κ1) is 19.4.